The number of amides is 1. The number of carboxylic acids is 1. The molecule has 1 saturated heterocycles. The number of carbonyl (C=O) groups excluding carboxylic acids is 1. The van der Waals surface area contributed by atoms with Crippen molar-refractivity contribution in [3.63, 3.8) is 0 Å². The number of ether oxygens (including phenoxy) is 1. The van der Waals surface area contributed by atoms with Crippen LogP contribution in [0.3, 0.4) is 0 Å². The van der Waals surface area contributed by atoms with Crippen molar-refractivity contribution in [2.75, 3.05) is 18.6 Å². The molecular weight excluding hydrogens is 218 g/mol. The molecule has 0 aromatic heterocycles. The predicted molar refractivity (Wildman–Crippen MR) is 56.9 cm³/mol. The van der Waals surface area contributed by atoms with Gasteiger partial charge in [0.25, 0.3) is 0 Å². The number of hydrogen-bond acceptors (Lipinski definition) is 4. The minimum Gasteiger partial charge on any atom is -0.479 e. The molecule has 1 aliphatic heterocycles. The molecule has 86 valence electrons. The molecule has 0 radical (unpaired) electrons. The summed E-state index contributed by atoms with van der Waals surface area (Å²) in [7, 11) is 1.42. The lowest BCUT2D eigenvalue weighted by molar-refractivity contribution is -0.148. The summed E-state index contributed by atoms with van der Waals surface area (Å²) >= 11 is 1.53. The van der Waals surface area contributed by atoms with Gasteiger partial charge >= 0.3 is 5.97 Å². The molecule has 1 fully saturated rings. The second-order valence-electron chi connectivity index (χ2n) is 3.56. The Kier molecular flexibility index (Phi) is 3.98. The van der Waals surface area contributed by atoms with E-state index < -0.39 is 17.6 Å². The van der Waals surface area contributed by atoms with Crippen LogP contribution in [0.15, 0.2) is 0 Å². The first kappa shape index (κ1) is 12.3. The van der Waals surface area contributed by atoms with Crippen molar-refractivity contribution in [3.8, 4) is 0 Å². The molecular formula is C9H15NO4S. The van der Waals surface area contributed by atoms with Crippen LogP contribution < -0.4 is 5.32 Å². The van der Waals surface area contributed by atoms with E-state index in [1.165, 1.54) is 18.9 Å². The van der Waals surface area contributed by atoms with Crippen LogP contribution in [0.25, 0.3) is 0 Å². The molecule has 1 heterocycles. The molecule has 0 spiro atoms. The summed E-state index contributed by atoms with van der Waals surface area (Å²) < 4.78 is 4.84. The molecule has 0 aliphatic carbocycles. The first-order valence-electron chi connectivity index (χ1n) is 4.68. The summed E-state index contributed by atoms with van der Waals surface area (Å²) in [5.41, 5.74) is -1.10. The van der Waals surface area contributed by atoms with Gasteiger partial charge in [-0.3, -0.25) is 4.79 Å². The maximum absolute atomic E-state index is 11.5. The Bertz CT molecular complexity index is 263. The van der Waals surface area contributed by atoms with Crippen molar-refractivity contribution in [2.45, 2.75) is 25.0 Å². The Balaban J connectivity index is 2.67. The third-order valence-corrected chi connectivity index (χ3v) is 3.71. The lowest BCUT2D eigenvalue weighted by Crippen LogP contribution is -2.57. The van der Waals surface area contributed by atoms with E-state index in [9.17, 15) is 9.59 Å². The van der Waals surface area contributed by atoms with Gasteiger partial charge in [-0.1, -0.05) is 0 Å². The molecule has 1 rings (SSSR count). The highest BCUT2D eigenvalue weighted by Crippen LogP contribution is 2.28. The quantitative estimate of drug-likeness (QED) is 0.720. The van der Waals surface area contributed by atoms with Gasteiger partial charge in [-0.05, 0) is 19.1 Å². The summed E-state index contributed by atoms with van der Waals surface area (Å²) in [6, 6.07) is 0. The van der Waals surface area contributed by atoms with Gasteiger partial charge in [0.1, 0.15) is 11.6 Å². The zero-order valence-corrected chi connectivity index (χ0v) is 9.60. The second kappa shape index (κ2) is 4.85. The standard InChI is InChI=1S/C9H15NO4S/c1-6(14-2)7(11)10-9(8(12)13)3-4-15-5-9/h6H,3-5H2,1-2H3,(H,10,11)(H,12,13). The molecule has 0 bridgehead atoms. The average molecular weight is 233 g/mol. The maximum Gasteiger partial charge on any atom is 0.330 e. The van der Waals surface area contributed by atoms with E-state index in [0.29, 0.717) is 12.2 Å². The van der Waals surface area contributed by atoms with Crippen molar-refractivity contribution in [1.82, 2.24) is 5.32 Å². The minimum absolute atomic E-state index is 0.373. The highest BCUT2D eigenvalue weighted by Gasteiger charge is 2.43. The molecule has 5 nitrogen and oxygen atoms in total. The monoisotopic (exact) mass is 233 g/mol. The topological polar surface area (TPSA) is 75.6 Å². The lowest BCUT2D eigenvalue weighted by atomic mass is 9.99. The second-order valence-corrected chi connectivity index (χ2v) is 4.66. The average Bonchev–Trinajstić information content (AvgIpc) is 2.66. The van der Waals surface area contributed by atoms with Crippen LogP contribution in [0.5, 0.6) is 0 Å². The van der Waals surface area contributed by atoms with Gasteiger partial charge < -0.3 is 15.2 Å². The Morgan fingerprint density at radius 2 is 2.27 bits per heavy atom. The molecule has 15 heavy (non-hydrogen) atoms. The van der Waals surface area contributed by atoms with E-state index in [1.54, 1.807) is 6.92 Å². The van der Waals surface area contributed by atoms with E-state index in [0.717, 1.165) is 5.75 Å². The molecule has 2 atom stereocenters. The number of thioether (sulfide) groups is 1. The summed E-state index contributed by atoms with van der Waals surface area (Å²) in [4.78, 5) is 22.6. The van der Waals surface area contributed by atoms with Crippen LogP contribution in [0.4, 0.5) is 0 Å². The molecule has 1 amide bonds. The summed E-state index contributed by atoms with van der Waals surface area (Å²) in [6.45, 7) is 1.59. The Labute approximate surface area is 92.6 Å². The molecule has 1 aliphatic rings. The molecule has 2 unspecified atom stereocenters. The van der Waals surface area contributed by atoms with E-state index in [2.05, 4.69) is 5.32 Å². The SMILES string of the molecule is COC(C)C(=O)NC1(C(=O)O)CCSC1. The fraction of sp³-hybridized carbons (Fsp3) is 0.778. The number of nitrogens with one attached hydrogen (secondary N) is 1. The summed E-state index contributed by atoms with van der Waals surface area (Å²) in [5.74, 6) is -0.162. The number of carboxylic acid groups (broad SMARTS) is 1. The first-order chi connectivity index (χ1) is 7.02. The van der Waals surface area contributed by atoms with E-state index in [-0.39, 0.29) is 5.91 Å². The lowest BCUT2D eigenvalue weighted by Gasteiger charge is -2.25. The van der Waals surface area contributed by atoms with Crippen LogP contribution >= 0.6 is 11.8 Å². The third kappa shape index (κ3) is 2.63. The zero-order chi connectivity index (χ0) is 11.5. The van der Waals surface area contributed by atoms with Gasteiger partial charge in [-0.2, -0.15) is 11.8 Å². The number of methoxy groups -OCH3 is 1. The van der Waals surface area contributed by atoms with Crippen molar-refractivity contribution in [2.24, 2.45) is 0 Å². The third-order valence-electron chi connectivity index (χ3n) is 2.52. The fourth-order valence-electron chi connectivity index (χ4n) is 1.33. The first-order valence-corrected chi connectivity index (χ1v) is 5.83. The fourth-order valence-corrected chi connectivity index (χ4v) is 2.66. The van der Waals surface area contributed by atoms with Gasteiger partial charge in [-0.15, -0.1) is 0 Å². The summed E-state index contributed by atoms with van der Waals surface area (Å²) in [5, 5.41) is 11.7. The highest BCUT2D eigenvalue weighted by molar-refractivity contribution is 7.99. The number of rotatable bonds is 4. The van der Waals surface area contributed by atoms with Gasteiger partial charge in [0, 0.05) is 12.9 Å². The maximum atomic E-state index is 11.5. The Hall–Kier alpha value is -0.750. The van der Waals surface area contributed by atoms with Crippen LogP contribution in [0, 0.1) is 0 Å². The number of carbonyl (C=O) groups is 2. The van der Waals surface area contributed by atoms with Crippen LogP contribution in [-0.4, -0.2) is 47.2 Å². The minimum atomic E-state index is -1.10. The predicted octanol–water partition coefficient (Wildman–Crippen LogP) is 0.0978. The van der Waals surface area contributed by atoms with Gasteiger partial charge in [0.05, 0.1) is 0 Å². The molecule has 0 saturated carbocycles. The smallest absolute Gasteiger partial charge is 0.330 e. The van der Waals surface area contributed by atoms with Gasteiger partial charge in [-0.25, -0.2) is 4.79 Å². The normalized spacial score (nSPS) is 27.3. The van der Waals surface area contributed by atoms with Crippen molar-refractivity contribution >= 4 is 23.6 Å². The number of hydrogen-bond donors (Lipinski definition) is 2. The zero-order valence-electron chi connectivity index (χ0n) is 8.78. The van der Waals surface area contributed by atoms with Gasteiger partial charge in [0.2, 0.25) is 5.91 Å². The molecule has 6 heteroatoms. The van der Waals surface area contributed by atoms with E-state index in [1.807, 2.05) is 0 Å². The molecule has 0 aromatic rings. The van der Waals surface area contributed by atoms with E-state index in [4.69, 9.17) is 9.84 Å². The molecule has 2 N–H and O–H groups in total. The van der Waals surface area contributed by atoms with Gasteiger partial charge in [0.15, 0.2) is 0 Å². The Morgan fingerprint density at radius 3 is 2.67 bits per heavy atom. The van der Waals surface area contributed by atoms with Crippen LogP contribution in [0.1, 0.15) is 13.3 Å². The Morgan fingerprint density at radius 1 is 1.60 bits per heavy atom. The number of aliphatic carboxylic acids is 1. The van der Waals surface area contributed by atoms with Crippen molar-refractivity contribution in [3.05, 3.63) is 0 Å². The summed E-state index contributed by atoms with van der Waals surface area (Å²) in [6.07, 6.45) is -0.151. The van der Waals surface area contributed by atoms with E-state index >= 15 is 0 Å². The van der Waals surface area contributed by atoms with Crippen molar-refractivity contribution in [1.29, 1.82) is 0 Å². The highest BCUT2D eigenvalue weighted by atomic mass is 32.2. The largest absolute Gasteiger partial charge is 0.479 e. The van der Waals surface area contributed by atoms with Crippen LogP contribution in [0.2, 0.25) is 0 Å². The van der Waals surface area contributed by atoms with Crippen LogP contribution in [-0.2, 0) is 14.3 Å². The van der Waals surface area contributed by atoms with Crippen molar-refractivity contribution < 1.29 is 19.4 Å². The molecule has 0 aromatic carbocycles.